The molecule has 0 N–H and O–H groups in total. The van der Waals surface area contributed by atoms with Crippen LogP contribution in [0.1, 0.15) is 19.8 Å². The van der Waals surface area contributed by atoms with E-state index in [1.54, 1.807) is 5.92 Å². The van der Waals surface area contributed by atoms with Gasteiger partial charge in [-0.1, -0.05) is 0 Å². The Balaban J connectivity index is 0.000000640. The van der Waals surface area contributed by atoms with E-state index in [1.807, 2.05) is 0 Å². The molecule has 1 rings (SSSR count). The van der Waals surface area contributed by atoms with Gasteiger partial charge in [0.25, 0.3) is 0 Å². The zero-order chi connectivity index (χ0) is 5.98. The minimum Gasteiger partial charge on any atom is -0.314 e. The van der Waals surface area contributed by atoms with Crippen LogP contribution in [0.5, 0.6) is 0 Å². The van der Waals surface area contributed by atoms with Gasteiger partial charge >= 0.3 is 0 Å². The molecule has 1 radical (unpaired) electrons. The summed E-state index contributed by atoms with van der Waals surface area (Å²) in [6, 6.07) is 0. The number of nitrogens with zero attached hydrogens (tertiary/aromatic N) is 1. The van der Waals surface area contributed by atoms with Gasteiger partial charge in [-0.05, 0) is 20.1 Å². The first-order chi connectivity index (χ1) is 3.79. The first kappa shape index (κ1) is 9.62. The van der Waals surface area contributed by atoms with Crippen LogP contribution in [-0.4, -0.2) is 25.0 Å². The average Bonchev–Trinajstić information content (AvgIpc) is 1.77. The number of hydrogen-bond acceptors (Lipinski definition) is 1. The Kier molecular flexibility index (Phi) is 4.75. The Morgan fingerprint density at radius 2 is 1.67 bits per heavy atom. The minimum atomic E-state index is 0. The molecule has 2 heteroatoms. The van der Waals surface area contributed by atoms with Crippen molar-refractivity contribution >= 4 is 0 Å². The molecular formula is C7H14NRe-. The van der Waals surface area contributed by atoms with E-state index < -0.39 is 0 Å². The Hall–Kier alpha value is 0.622. The quantitative estimate of drug-likeness (QED) is 0.610. The predicted molar refractivity (Wildman–Crippen MR) is 35.6 cm³/mol. The van der Waals surface area contributed by atoms with E-state index in [1.165, 1.54) is 25.9 Å². The molecule has 0 aromatic heterocycles. The molecule has 0 aromatic carbocycles. The normalized spacial score (nSPS) is 23.3. The molecule has 0 spiro atoms. The van der Waals surface area contributed by atoms with Crippen LogP contribution >= 0.6 is 0 Å². The molecule has 0 aromatic rings. The molecule has 0 atom stereocenters. The molecule has 0 aliphatic carbocycles. The Bertz CT molecular complexity index is 57.3. The second kappa shape index (κ2) is 4.44. The van der Waals surface area contributed by atoms with E-state index in [-0.39, 0.29) is 20.4 Å². The summed E-state index contributed by atoms with van der Waals surface area (Å²) in [5.74, 6) is 1.67. The van der Waals surface area contributed by atoms with Gasteiger partial charge in [0, 0.05) is 20.4 Å². The van der Waals surface area contributed by atoms with Crippen molar-refractivity contribution < 1.29 is 20.4 Å². The molecule has 0 bridgehead atoms. The summed E-state index contributed by atoms with van der Waals surface area (Å²) in [4.78, 5) is 2.38. The van der Waals surface area contributed by atoms with Gasteiger partial charge < -0.3 is 10.8 Å². The summed E-state index contributed by atoms with van der Waals surface area (Å²) < 4.78 is 0. The standard InChI is InChI=1S/C7H14N.Re/c1-7-3-5-8(2)6-4-7;/h3-6H2,1-2H3;/q-1;. The zero-order valence-electron chi connectivity index (χ0n) is 6.15. The molecule has 1 fully saturated rings. The largest absolute Gasteiger partial charge is 0.314 e. The fourth-order valence-corrected chi connectivity index (χ4v) is 1.00. The second-order valence-electron chi connectivity index (χ2n) is 2.76. The van der Waals surface area contributed by atoms with Gasteiger partial charge in [0.05, 0.1) is 0 Å². The predicted octanol–water partition coefficient (Wildman–Crippen LogP) is 1.30. The third kappa shape index (κ3) is 3.35. The SMILES string of the molecule is C[C-]1CCN(C)CC1.[Re]. The summed E-state index contributed by atoms with van der Waals surface area (Å²) >= 11 is 0. The molecule has 1 nitrogen and oxygen atoms in total. The van der Waals surface area contributed by atoms with E-state index in [9.17, 15) is 0 Å². The van der Waals surface area contributed by atoms with E-state index >= 15 is 0 Å². The van der Waals surface area contributed by atoms with Gasteiger partial charge in [0.2, 0.25) is 0 Å². The molecule has 1 aliphatic heterocycles. The van der Waals surface area contributed by atoms with Crippen LogP contribution in [0.4, 0.5) is 0 Å². The molecule has 1 aliphatic rings. The Morgan fingerprint density at radius 3 is 2.00 bits per heavy atom. The van der Waals surface area contributed by atoms with Crippen LogP contribution in [0.15, 0.2) is 0 Å². The van der Waals surface area contributed by atoms with Crippen LogP contribution in [0.2, 0.25) is 0 Å². The Labute approximate surface area is 71.5 Å². The van der Waals surface area contributed by atoms with Crippen molar-refractivity contribution in [3.8, 4) is 0 Å². The minimum absolute atomic E-state index is 0. The molecule has 0 saturated carbocycles. The van der Waals surface area contributed by atoms with Crippen LogP contribution < -0.4 is 0 Å². The van der Waals surface area contributed by atoms with Crippen molar-refractivity contribution in [2.45, 2.75) is 19.8 Å². The molecular weight excluding hydrogens is 284 g/mol. The summed E-state index contributed by atoms with van der Waals surface area (Å²) in [5.41, 5.74) is 0. The van der Waals surface area contributed by atoms with Gasteiger partial charge in [-0.15, -0.1) is 0 Å². The first-order valence-electron chi connectivity index (χ1n) is 3.29. The Morgan fingerprint density at radius 1 is 1.22 bits per heavy atom. The maximum atomic E-state index is 2.38. The average molecular weight is 298 g/mol. The summed E-state index contributed by atoms with van der Waals surface area (Å²) in [6.07, 6.45) is 2.63. The third-order valence-corrected chi connectivity index (χ3v) is 1.84. The smallest absolute Gasteiger partial charge is 0 e. The van der Waals surface area contributed by atoms with Crippen molar-refractivity contribution in [2.75, 3.05) is 20.1 Å². The van der Waals surface area contributed by atoms with Crippen LogP contribution in [0.25, 0.3) is 0 Å². The molecule has 0 amide bonds. The van der Waals surface area contributed by atoms with E-state index in [0.717, 1.165) is 0 Å². The molecule has 9 heavy (non-hydrogen) atoms. The monoisotopic (exact) mass is 299 g/mol. The van der Waals surface area contributed by atoms with Gasteiger partial charge in [0.15, 0.2) is 0 Å². The third-order valence-electron chi connectivity index (χ3n) is 1.84. The van der Waals surface area contributed by atoms with Crippen LogP contribution in [-0.2, 0) is 20.4 Å². The van der Waals surface area contributed by atoms with Gasteiger partial charge in [0.1, 0.15) is 0 Å². The van der Waals surface area contributed by atoms with E-state index in [0.29, 0.717) is 0 Å². The topological polar surface area (TPSA) is 3.24 Å². The van der Waals surface area contributed by atoms with Gasteiger partial charge in [-0.2, -0.15) is 19.8 Å². The van der Waals surface area contributed by atoms with E-state index in [2.05, 4.69) is 18.9 Å². The van der Waals surface area contributed by atoms with Crippen molar-refractivity contribution in [3.05, 3.63) is 5.92 Å². The number of hydrogen-bond donors (Lipinski definition) is 0. The number of likely N-dealkylation sites (tertiary alicyclic amines) is 1. The summed E-state index contributed by atoms with van der Waals surface area (Å²) in [5, 5.41) is 0. The van der Waals surface area contributed by atoms with E-state index in [4.69, 9.17) is 0 Å². The number of rotatable bonds is 0. The van der Waals surface area contributed by atoms with Crippen molar-refractivity contribution in [1.82, 2.24) is 4.90 Å². The molecule has 1 heterocycles. The van der Waals surface area contributed by atoms with Gasteiger partial charge in [-0.25, -0.2) is 0 Å². The fraction of sp³-hybridized carbons (Fsp3) is 0.857. The number of piperidine rings is 1. The zero-order valence-corrected chi connectivity index (χ0v) is 8.87. The summed E-state index contributed by atoms with van der Waals surface area (Å²) in [7, 11) is 2.19. The van der Waals surface area contributed by atoms with Crippen molar-refractivity contribution in [1.29, 1.82) is 0 Å². The summed E-state index contributed by atoms with van der Waals surface area (Å²) in [6.45, 7) is 4.80. The second-order valence-corrected chi connectivity index (χ2v) is 2.76. The maximum Gasteiger partial charge on any atom is 0 e. The van der Waals surface area contributed by atoms with Gasteiger partial charge in [-0.3, -0.25) is 0 Å². The first-order valence-corrected chi connectivity index (χ1v) is 3.29. The molecule has 55 valence electrons. The van der Waals surface area contributed by atoms with Crippen molar-refractivity contribution in [2.24, 2.45) is 0 Å². The molecule has 0 unspecified atom stereocenters. The van der Waals surface area contributed by atoms with Crippen molar-refractivity contribution in [3.63, 3.8) is 0 Å². The van der Waals surface area contributed by atoms with Crippen LogP contribution in [0.3, 0.4) is 0 Å². The molecule has 1 saturated heterocycles. The maximum absolute atomic E-state index is 2.38. The fourth-order valence-electron chi connectivity index (χ4n) is 1.00. The van der Waals surface area contributed by atoms with Crippen LogP contribution in [0, 0.1) is 5.92 Å².